The van der Waals surface area contributed by atoms with Crippen molar-refractivity contribution in [1.29, 1.82) is 0 Å². The van der Waals surface area contributed by atoms with Gasteiger partial charge in [-0.15, -0.1) is 0 Å². The van der Waals surface area contributed by atoms with Crippen LogP contribution >= 0.6 is 0 Å². The molecule has 0 saturated carbocycles. The quantitative estimate of drug-likeness (QED) is 0.409. The van der Waals surface area contributed by atoms with Gasteiger partial charge in [0.15, 0.2) is 0 Å². The Hall–Kier alpha value is -0.258. The minimum atomic E-state index is -0.347. The van der Waals surface area contributed by atoms with Crippen molar-refractivity contribution in [3.63, 3.8) is 0 Å². The first-order chi connectivity index (χ1) is 3.18. The largest absolute Gasteiger partial charge is 0.466 e. The Balaban J connectivity index is 0. The van der Waals surface area contributed by atoms with Gasteiger partial charge in [0, 0.05) is 22.9 Å². The molecule has 0 saturated heterocycles. The summed E-state index contributed by atoms with van der Waals surface area (Å²) in [5.41, 5.74) is 0.433. The topological polar surface area (TPSA) is 26.3 Å². The Morgan fingerprint density at radius 3 is 2.00 bits per heavy atom. The summed E-state index contributed by atoms with van der Waals surface area (Å²) < 4.78 is 4.27. The maximum absolute atomic E-state index is 10.2. The van der Waals surface area contributed by atoms with Crippen LogP contribution in [0.5, 0.6) is 0 Å². The maximum atomic E-state index is 10.2. The second kappa shape index (κ2) is 4.89. The van der Waals surface area contributed by atoms with Crippen molar-refractivity contribution < 1.29 is 26.9 Å². The van der Waals surface area contributed by atoms with E-state index in [1.54, 1.807) is 6.92 Å². The SMILES string of the molecule is C=C(C)C(=O)OC.[Cr]. The number of carbonyl (C=O) groups excluding carboxylic acids is 1. The number of hydrogen-bond acceptors (Lipinski definition) is 2. The molecule has 0 bridgehead atoms. The van der Waals surface area contributed by atoms with Crippen molar-refractivity contribution in [2.45, 2.75) is 6.92 Å². The van der Waals surface area contributed by atoms with Crippen LogP contribution in [0.4, 0.5) is 0 Å². The van der Waals surface area contributed by atoms with E-state index in [1.807, 2.05) is 0 Å². The van der Waals surface area contributed by atoms with E-state index < -0.39 is 0 Å². The number of rotatable bonds is 1. The number of carbonyl (C=O) groups is 1. The molecule has 0 aliphatic heterocycles. The third kappa shape index (κ3) is 3.92. The van der Waals surface area contributed by atoms with Gasteiger partial charge in [-0.25, -0.2) is 4.79 Å². The molecule has 2 nitrogen and oxygen atoms in total. The van der Waals surface area contributed by atoms with Gasteiger partial charge in [-0.05, 0) is 6.92 Å². The van der Waals surface area contributed by atoms with E-state index in [-0.39, 0.29) is 23.3 Å². The van der Waals surface area contributed by atoms with Crippen molar-refractivity contribution >= 4 is 5.97 Å². The molecule has 0 rings (SSSR count). The molecule has 0 aromatic heterocycles. The molecule has 8 heavy (non-hydrogen) atoms. The summed E-state index contributed by atoms with van der Waals surface area (Å²) >= 11 is 0. The summed E-state index contributed by atoms with van der Waals surface area (Å²) in [6.07, 6.45) is 0. The second-order valence-corrected chi connectivity index (χ2v) is 1.27. The molecular weight excluding hydrogens is 144 g/mol. The van der Waals surface area contributed by atoms with Crippen molar-refractivity contribution in [1.82, 2.24) is 0 Å². The van der Waals surface area contributed by atoms with Gasteiger partial charge in [-0.3, -0.25) is 0 Å². The molecule has 3 heteroatoms. The van der Waals surface area contributed by atoms with E-state index >= 15 is 0 Å². The third-order valence-corrected chi connectivity index (χ3v) is 0.534. The Kier molecular flexibility index (Phi) is 6.53. The van der Waals surface area contributed by atoms with Gasteiger partial charge in [0.1, 0.15) is 0 Å². The molecule has 0 aliphatic carbocycles. The molecule has 0 amide bonds. The van der Waals surface area contributed by atoms with Gasteiger partial charge in [0.05, 0.1) is 7.11 Å². The molecule has 0 aliphatic rings. The molecule has 46 valence electrons. The van der Waals surface area contributed by atoms with Crippen LogP contribution in [0.1, 0.15) is 6.92 Å². The van der Waals surface area contributed by atoms with E-state index in [4.69, 9.17) is 0 Å². The number of hydrogen-bond donors (Lipinski definition) is 0. The average molecular weight is 152 g/mol. The summed E-state index contributed by atoms with van der Waals surface area (Å²) in [5, 5.41) is 0. The first-order valence-corrected chi connectivity index (χ1v) is 1.92. The van der Waals surface area contributed by atoms with E-state index in [9.17, 15) is 4.79 Å². The molecule has 0 atom stereocenters. The van der Waals surface area contributed by atoms with Crippen LogP contribution in [0.2, 0.25) is 0 Å². The normalized spacial score (nSPS) is 6.75. The number of methoxy groups -OCH3 is 1. The van der Waals surface area contributed by atoms with Crippen LogP contribution in [0.25, 0.3) is 0 Å². The van der Waals surface area contributed by atoms with Gasteiger partial charge in [-0.1, -0.05) is 6.58 Å². The number of ether oxygens (including phenoxy) is 1. The van der Waals surface area contributed by atoms with Gasteiger partial charge < -0.3 is 4.74 Å². The van der Waals surface area contributed by atoms with Crippen molar-refractivity contribution in [2.24, 2.45) is 0 Å². The predicted octanol–water partition coefficient (Wildman–Crippen LogP) is 0.733. The van der Waals surface area contributed by atoms with Crippen molar-refractivity contribution in [3.8, 4) is 0 Å². The Labute approximate surface area is 59.7 Å². The summed E-state index contributed by atoms with van der Waals surface area (Å²) in [6, 6.07) is 0. The standard InChI is InChI=1S/C5H8O2.Cr/c1-4(2)5(6)7-3;/h1H2,2-3H3;. The molecule has 0 unspecified atom stereocenters. The van der Waals surface area contributed by atoms with E-state index in [1.165, 1.54) is 7.11 Å². The zero-order chi connectivity index (χ0) is 5.86. The molecule has 0 radical (unpaired) electrons. The molecule has 0 spiro atoms. The predicted molar refractivity (Wildman–Crippen MR) is 26.8 cm³/mol. The fraction of sp³-hybridized carbons (Fsp3) is 0.400. The molecule has 0 aromatic rings. The zero-order valence-corrected chi connectivity index (χ0v) is 6.21. The minimum absolute atomic E-state index is 0. The molecule has 0 fully saturated rings. The minimum Gasteiger partial charge on any atom is -0.466 e. The summed E-state index contributed by atoms with van der Waals surface area (Å²) in [5.74, 6) is -0.347. The monoisotopic (exact) mass is 152 g/mol. The Morgan fingerprint density at radius 1 is 1.62 bits per heavy atom. The first kappa shape index (κ1) is 10.7. The second-order valence-electron chi connectivity index (χ2n) is 1.27. The zero-order valence-electron chi connectivity index (χ0n) is 4.93. The van der Waals surface area contributed by atoms with E-state index in [2.05, 4.69) is 11.3 Å². The Morgan fingerprint density at radius 2 is 2.00 bits per heavy atom. The smallest absolute Gasteiger partial charge is 0.332 e. The van der Waals surface area contributed by atoms with Crippen molar-refractivity contribution in [2.75, 3.05) is 7.11 Å². The fourth-order valence-corrected chi connectivity index (χ4v) is 0.174. The van der Waals surface area contributed by atoms with Crippen LogP contribution in [0.15, 0.2) is 12.2 Å². The van der Waals surface area contributed by atoms with E-state index in [0.717, 1.165) is 0 Å². The molecule has 0 aromatic carbocycles. The van der Waals surface area contributed by atoms with Crippen LogP contribution in [-0.4, -0.2) is 13.1 Å². The molecular formula is C5H8CrO2. The fourth-order valence-electron chi connectivity index (χ4n) is 0.174. The summed E-state index contributed by atoms with van der Waals surface area (Å²) in [7, 11) is 1.33. The van der Waals surface area contributed by atoms with Gasteiger partial charge in [-0.2, -0.15) is 0 Å². The van der Waals surface area contributed by atoms with Crippen LogP contribution in [0, 0.1) is 0 Å². The third-order valence-electron chi connectivity index (χ3n) is 0.534. The average Bonchev–Trinajstić information content (AvgIpc) is 1.65. The molecule has 0 N–H and O–H groups in total. The van der Waals surface area contributed by atoms with Crippen molar-refractivity contribution in [3.05, 3.63) is 12.2 Å². The Bertz CT molecular complexity index is 98.6. The maximum Gasteiger partial charge on any atom is 0.332 e. The summed E-state index contributed by atoms with van der Waals surface area (Å²) in [4.78, 5) is 10.2. The molecule has 0 heterocycles. The van der Waals surface area contributed by atoms with Crippen LogP contribution < -0.4 is 0 Å². The van der Waals surface area contributed by atoms with Gasteiger partial charge >= 0.3 is 5.97 Å². The van der Waals surface area contributed by atoms with Gasteiger partial charge in [0.2, 0.25) is 0 Å². The van der Waals surface area contributed by atoms with Crippen LogP contribution in [0.3, 0.4) is 0 Å². The van der Waals surface area contributed by atoms with E-state index in [0.29, 0.717) is 5.57 Å². The number of esters is 1. The van der Waals surface area contributed by atoms with Gasteiger partial charge in [0.25, 0.3) is 0 Å². The summed E-state index contributed by atoms with van der Waals surface area (Å²) in [6.45, 7) is 4.95. The first-order valence-electron chi connectivity index (χ1n) is 1.92. The van der Waals surface area contributed by atoms with Crippen LogP contribution in [-0.2, 0) is 26.9 Å².